The quantitative estimate of drug-likeness (QED) is 0.240. The molecule has 30 heavy (non-hydrogen) atoms. The van der Waals surface area contributed by atoms with Crippen LogP contribution in [-0.2, 0) is 0 Å². The molecule has 1 fully saturated rings. The highest BCUT2D eigenvalue weighted by atomic mass is 15.5. The van der Waals surface area contributed by atoms with Crippen LogP contribution < -0.4 is 0 Å². The molecule has 0 aromatic heterocycles. The summed E-state index contributed by atoms with van der Waals surface area (Å²) < 4.78 is 0. The summed E-state index contributed by atoms with van der Waals surface area (Å²) in [5.41, 5.74) is -0.740. The molecule has 1 saturated heterocycles. The maximum atomic E-state index is 4.15. The van der Waals surface area contributed by atoms with Gasteiger partial charge in [-0.05, 0) is 44.9 Å². The number of hydrogen-bond donors (Lipinski definition) is 0. The van der Waals surface area contributed by atoms with E-state index in [0.29, 0.717) is 0 Å². The fraction of sp³-hybridized carbons (Fsp3) is 0.429. The number of rotatable bonds is 17. The lowest BCUT2D eigenvalue weighted by atomic mass is 9.68. The minimum absolute atomic E-state index is 0.225. The SMILES string of the molecule is C=CCCN1C(CC=C)(CC=C)N(CC=C)C(CC=C)(CC=C)C1(CC=C)CC=C. The van der Waals surface area contributed by atoms with Gasteiger partial charge < -0.3 is 0 Å². The summed E-state index contributed by atoms with van der Waals surface area (Å²) in [5.74, 6) is 0. The normalized spacial score (nSPS) is 19.5. The summed E-state index contributed by atoms with van der Waals surface area (Å²) in [5, 5.41) is 0. The molecule has 1 rings (SSSR count). The van der Waals surface area contributed by atoms with Crippen LogP contribution in [-0.4, -0.2) is 39.6 Å². The molecular formula is C28H42N2. The third-order valence-electron chi connectivity index (χ3n) is 6.64. The van der Waals surface area contributed by atoms with Crippen LogP contribution in [0.15, 0.2) is 101 Å². The van der Waals surface area contributed by atoms with Gasteiger partial charge in [0.2, 0.25) is 0 Å². The van der Waals surface area contributed by atoms with Crippen molar-refractivity contribution in [1.29, 1.82) is 0 Å². The number of hydrogen-bond acceptors (Lipinski definition) is 2. The molecule has 2 heteroatoms. The van der Waals surface area contributed by atoms with Crippen molar-refractivity contribution in [3.8, 4) is 0 Å². The zero-order chi connectivity index (χ0) is 22.7. The smallest absolute Gasteiger partial charge is 0.0821 e. The van der Waals surface area contributed by atoms with E-state index < -0.39 is 0 Å². The molecule has 1 aliphatic heterocycles. The highest BCUT2D eigenvalue weighted by Crippen LogP contribution is 2.58. The monoisotopic (exact) mass is 406 g/mol. The second-order valence-corrected chi connectivity index (χ2v) is 8.13. The van der Waals surface area contributed by atoms with Gasteiger partial charge in [-0.15, -0.1) is 52.6 Å². The summed E-state index contributed by atoms with van der Waals surface area (Å²) in [6.07, 6.45) is 22.1. The van der Waals surface area contributed by atoms with Crippen LogP contribution in [0.1, 0.15) is 44.9 Å². The predicted molar refractivity (Wildman–Crippen MR) is 136 cm³/mol. The van der Waals surface area contributed by atoms with E-state index in [9.17, 15) is 0 Å². The Hall–Kier alpha value is -2.16. The van der Waals surface area contributed by atoms with Gasteiger partial charge in [0, 0.05) is 24.2 Å². The van der Waals surface area contributed by atoms with Crippen LogP contribution in [0, 0.1) is 0 Å². The highest BCUT2D eigenvalue weighted by Gasteiger charge is 2.68. The number of nitrogens with zero attached hydrogens (tertiary/aromatic N) is 2. The van der Waals surface area contributed by atoms with Crippen LogP contribution in [0.25, 0.3) is 0 Å². The fourth-order valence-electron chi connectivity index (χ4n) is 5.87. The van der Waals surface area contributed by atoms with Crippen molar-refractivity contribution in [2.75, 3.05) is 13.1 Å². The Morgan fingerprint density at radius 3 is 1.20 bits per heavy atom. The standard InChI is InChI=1S/C28H42N2/c1-9-17-25-30-27(20-12-4,21-13-5)26(18-10-2,19-11-3)29(24-16-8)28(30,22-14-6)23-15-7/h9-16H,1-8,17-25H2. The molecule has 0 amide bonds. The fourth-order valence-corrected chi connectivity index (χ4v) is 5.87. The van der Waals surface area contributed by atoms with Crippen molar-refractivity contribution < 1.29 is 0 Å². The van der Waals surface area contributed by atoms with Crippen molar-refractivity contribution in [3.63, 3.8) is 0 Å². The Balaban J connectivity index is 4.11. The minimum Gasteiger partial charge on any atom is -0.276 e. The van der Waals surface area contributed by atoms with E-state index in [1.165, 1.54) is 0 Å². The van der Waals surface area contributed by atoms with Crippen LogP contribution >= 0.6 is 0 Å². The molecule has 0 bridgehead atoms. The second-order valence-electron chi connectivity index (χ2n) is 8.13. The van der Waals surface area contributed by atoms with E-state index in [0.717, 1.165) is 58.0 Å². The minimum atomic E-state index is -0.279. The van der Waals surface area contributed by atoms with E-state index in [1.807, 2.05) is 36.5 Å². The first-order valence-corrected chi connectivity index (χ1v) is 10.9. The van der Waals surface area contributed by atoms with Gasteiger partial charge in [0.15, 0.2) is 0 Å². The Morgan fingerprint density at radius 1 is 0.467 bits per heavy atom. The van der Waals surface area contributed by atoms with Gasteiger partial charge in [-0.25, -0.2) is 0 Å². The molecule has 164 valence electrons. The predicted octanol–water partition coefficient (Wildman–Crippen LogP) is 7.00. The van der Waals surface area contributed by atoms with Crippen molar-refractivity contribution >= 4 is 0 Å². The van der Waals surface area contributed by atoms with Crippen molar-refractivity contribution in [1.82, 2.24) is 9.80 Å². The lowest BCUT2D eigenvalue weighted by Gasteiger charge is -2.50. The average molecular weight is 407 g/mol. The van der Waals surface area contributed by atoms with Gasteiger partial charge >= 0.3 is 0 Å². The van der Waals surface area contributed by atoms with Crippen LogP contribution in [0.3, 0.4) is 0 Å². The largest absolute Gasteiger partial charge is 0.276 e. The van der Waals surface area contributed by atoms with Crippen molar-refractivity contribution in [2.24, 2.45) is 0 Å². The first kappa shape index (κ1) is 25.9. The first-order valence-electron chi connectivity index (χ1n) is 10.9. The van der Waals surface area contributed by atoms with Gasteiger partial charge in [-0.1, -0.05) is 48.6 Å². The topological polar surface area (TPSA) is 6.48 Å². The molecule has 0 radical (unpaired) electrons. The van der Waals surface area contributed by atoms with Gasteiger partial charge in [0.1, 0.15) is 0 Å². The van der Waals surface area contributed by atoms with E-state index in [2.05, 4.69) is 74.6 Å². The van der Waals surface area contributed by atoms with E-state index in [4.69, 9.17) is 0 Å². The maximum absolute atomic E-state index is 4.15. The zero-order valence-electron chi connectivity index (χ0n) is 19.0. The van der Waals surface area contributed by atoms with Gasteiger partial charge in [-0.3, -0.25) is 9.80 Å². The summed E-state index contributed by atoms with van der Waals surface area (Å²) in [6, 6.07) is 0. The highest BCUT2D eigenvalue weighted by molar-refractivity contribution is 5.30. The Bertz CT molecular complexity index is 624. The van der Waals surface area contributed by atoms with E-state index in [1.54, 1.807) is 0 Å². The van der Waals surface area contributed by atoms with Crippen molar-refractivity contribution in [3.05, 3.63) is 101 Å². The molecule has 0 saturated carbocycles. The molecule has 0 unspecified atom stereocenters. The third-order valence-corrected chi connectivity index (χ3v) is 6.64. The summed E-state index contributed by atoms with van der Waals surface area (Å²) >= 11 is 0. The van der Waals surface area contributed by atoms with Gasteiger partial charge in [0.25, 0.3) is 0 Å². The summed E-state index contributed by atoms with van der Waals surface area (Å²) in [4.78, 5) is 5.29. The maximum Gasteiger partial charge on any atom is 0.0821 e. The molecule has 0 aliphatic carbocycles. The zero-order valence-corrected chi connectivity index (χ0v) is 19.0. The molecular weight excluding hydrogens is 364 g/mol. The third kappa shape index (κ3) is 4.17. The van der Waals surface area contributed by atoms with Gasteiger partial charge in [-0.2, -0.15) is 0 Å². The van der Waals surface area contributed by atoms with Crippen LogP contribution in [0.2, 0.25) is 0 Å². The second kappa shape index (κ2) is 11.9. The molecule has 1 heterocycles. The van der Waals surface area contributed by atoms with Crippen LogP contribution in [0.4, 0.5) is 0 Å². The van der Waals surface area contributed by atoms with Crippen LogP contribution in [0.5, 0.6) is 0 Å². The molecule has 0 aromatic carbocycles. The van der Waals surface area contributed by atoms with Gasteiger partial charge in [0.05, 0.1) is 5.66 Å². The van der Waals surface area contributed by atoms with E-state index >= 15 is 0 Å². The molecule has 1 aliphatic rings. The Labute approximate surface area is 186 Å². The summed E-state index contributed by atoms with van der Waals surface area (Å²) in [7, 11) is 0. The van der Waals surface area contributed by atoms with E-state index in [-0.39, 0.29) is 16.7 Å². The average Bonchev–Trinajstić information content (AvgIpc) is 2.87. The summed E-state index contributed by atoms with van der Waals surface area (Å²) in [6.45, 7) is 34.6. The molecule has 0 N–H and O–H groups in total. The molecule has 0 aromatic rings. The lowest BCUT2D eigenvalue weighted by molar-refractivity contribution is -0.0132. The molecule has 0 spiro atoms. The Morgan fingerprint density at radius 2 is 0.867 bits per heavy atom. The first-order chi connectivity index (χ1) is 14.5. The van der Waals surface area contributed by atoms with Crippen molar-refractivity contribution in [2.45, 2.75) is 61.7 Å². The molecule has 0 atom stereocenters. The Kier molecular flexibility index (Phi) is 10.2. The lowest BCUT2D eigenvalue weighted by Crippen LogP contribution is -2.61. The molecule has 2 nitrogen and oxygen atoms in total.